The highest BCUT2D eigenvalue weighted by Gasteiger charge is 2.37. The van der Waals surface area contributed by atoms with Gasteiger partial charge in [0.2, 0.25) is 0 Å². The summed E-state index contributed by atoms with van der Waals surface area (Å²) in [4.78, 5) is 10.4. The molecule has 7 aromatic carbocycles. The summed E-state index contributed by atoms with van der Waals surface area (Å²) in [5, 5.41) is 2.37. The van der Waals surface area contributed by atoms with Gasteiger partial charge in [0.1, 0.15) is 0 Å². The van der Waals surface area contributed by atoms with Crippen molar-refractivity contribution >= 4 is 10.8 Å². The Morgan fingerprint density at radius 2 is 1.02 bits per heavy atom. The zero-order chi connectivity index (χ0) is 34.1. The van der Waals surface area contributed by atoms with Gasteiger partial charge in [-0.3, -0.25) is 0 Å². The molecule has 2 aliphatic rings. The van der Waals surface area contributed by atoms with Gasteiger partial charge in [-0.15, -0.1) is 0 Å². The van der Waals surface area contributed by atoms with Crippen LogP contribution in [0.2, 0.25) is 0 Å². The molecule has 0 radical (unpaired) electrons. The molecule has 4 nitrogen and oxygen atoms in total. The molecule has 0 atom stereocenters. The highest BCUT2D eigenvalue weighted by molar-refractivity contribution is 5.89. The van der Waals surface area contributed by atoms with E-state index in [9.17, 15) is 0 Å². The van der Waals surface area contributed by atoms with Gasteiger partial charge in [0, 0.05) is 22.1 Å². The first-order chi connectivity index (χ1) is 25.0. The third kappa shape index (κ3) is 4.83. The van der Waals surface area contributed by atoms with E-state index in [0.29, 0.717) is 17.3 Å². The van der Waals surface area contributed by atoms with Crippen molar-refractivity contribution in [3.8, 4) is 79.2 Å². The van der Waals surface area contributed by atoms with E-state index in [1.807, 2.05) is 30.3 Å². The van der Waals surface area contributed by atoms with Crippen LogP contribution < -0.4 is 9.47 Å². The Bertz CT molecular complexity index is 2680. The van der Waals surface area contributed by atoms with Crippen molar-refractivity contribution in [3.63, 3.8) is 0 Å². The van der Waals surface area contributed by atoms with Crippen LogP contribution >= 0.6 is 0 Å². The Hall–Kier alpha value is -6.52. The number of hydrogen-bond acceptors (Lipinski definition) is 4. The summed E-state index contributed by atoms with van der Waals surface area (Å²) in [6.07, 6.45) is 0. The quantitative estimate of drug-likeness (QED) is 0.189. The fraction of sp³-hybridized carbons (Fsp3) is 0.0638. The lowest BCUT2D eigenvalue weighted by atomic mass is 9.82. The summed E-state index contributed by atoms with van der Waals surface area (Å²) in [7, 11) is 0. The fourth-order valence-electron chi connectivity index (χ4n) is 7.69. The molecule has 8 aromatic rings. The third-order valence-electron chi connectivity index (χ3n) is 10.4. The second kappa shape index (κ2) is 11.3. The SMILES string of the molecule is CC1(C)c2ccccc2-c2cc3c(cc21)Oc1ccc(-c2ccccc2-c2nc(-c4ccccc4)cc(-c4ccc5ccccc5c4)n2)cc1O3. The normalized spacial score (nSPS) is 13.4. The van der Waals surface area contributed by atoms with Crippen LogP contribution in [0.5, 0.6) is 23.0 Å². The van der Waals surface area contributed by atoms with Crippen LogP contribution in [0.4, 0.5) is 0 Å². The lowest BCUT2D eigenvalue weighted by Gasteiger charge is -2.25. The van der Waals surface area contributed by atoms with Gasteiger partial charge in [0.15, 0.2) is 28.8 Å². The van der Waals surface area contributed by atoms with Crippen LogP contribution in [0, 0.1) is 0 Å². The molecule has 1 aliphatic carbocycles. The Morgan fingerprint density at radius 1 is 0.392 bits per heavy atom. The molecule has 0 bridgehead atoms. The minimum absolute atomic E-state index is 0.119. The third-order valence-corrected chi connectivity index (χ3v) is 10.4. The maximum absolute atomic E-state index is 6.63. The number of fused-ring (bicyclic) bond motifs is 6. The summed E-state index contributed by atoms with van der Waals surface area (Å²) in [6.45, 7) is 4.55. The molecule has 0 spiro atoms. The Balaban J connectivity index is 1.07. The first-order valence-corrected chi connectivity index (χ1v) is 17.3. The summed E-state index contributed by atoms with van der Waals surface area (Å²) in [5.41, 5.74) is 11.7. The van der Waals surface area contributed by atoms with E-state index in [1.54, 1.807) is 0 Å². The Kier molecular flexibility index (Phi) is 6.49. The topological polar surface area (TPSA) is 44.2 Å². The summed E-state index contributed by atoms with van der Waals surface area (Å²) in [5.74, 6) is 3.49. The predicted octanol–water partition coefficient (Wildman–Crippen LogP) is 12.5. The van der Waals surface area contributed by atoms with Crippen molar-refractivity contribution in [3.05, 3.63) is 169 Å². The van der Waals surface area contributed by atoms with Gasteiger partial charge in [0.05, 0.1) is 11.4 Å². The van der Waals surface area contributed by atoms with E-state index >= 15 is 0 Å². The lowest BCUT2D eigenvalue weighted by molar-refractivity contribution is 0.359. The monoisotopic (exact) mass is 656 g/mol. The molecular weight excluding hydrogens is 625 g/mol. The van der Waals surface area contributed by atoms with E-state index in [4.69, 9.17) is 19.4 Å². The Morgan fingerprint density at radius 3 is 1.86 bits per heavy atom. The summed E-state index contributed by atoms with van der Waals surface area (Å²) >= 11 is 0. The van der Waals surface area contributed by atoms with Crippen molar-refractivity contribution in [1.82, 2.24) is 9.97 Å². The van der Waals surface area contributed by atoms with E-state index in [1.165, 1.54) is 33.0 Å². The lowest BCUT2D eigenvalue weighted by Crippen LogP contribution is -2.15. The summed E-state index contributed by atoms with van der Waals surface area (Å²) in [6, 6.07) is 54.7. The molecular formula is C47H32N2O2. The molecule has 0 unspecified atom stereocenters. The van der Waals surface area contributed by atoms with Crippen LogP contribution in [-0.2, 0) is 5.41 Å². The van der Waals surface area contributed by atoms with Crippen LogP contribution in [0.1, 0.15) is 25.0 Å². The van der Waals surface area contributed by atoms with Crippen molar-refractivity contribution in [2.24, 2.45) is 0 Å². The van der Waals surface area contributed by atoms with Gasteiger partial charge in [-0.05, 0) is 80.6 Å². The first-order valence-electron chi connectivity index (χ1n) is 17.3. The van der Waals surface area contributed by atoms with Crippen molar-refractivity contribution in [2.75, 3.05) is 0 Å². The summed E-state index contributed by atoms with van der Waals surface area (Å²) < 4.78 is 13.1. The number of aromatic nitrogens is 2. The Labute approximate surface area is 296 Å². The second-order valence-corrected chi connectivity index (χ2v) is 13.8. The largest absolute Gasteiger partial charge is 0.450 e. The van der Waals surface area contributed by atoms with E-state index in [2.05, 4.69) is 141 Å². The molecule has 4 heteroatoms. The van der Waals surface area contributed by atoms with E-state index < -0.39 is 0 Å². The van der Waals surface area contributed by atoms with Gasteiger partial charge in [-0.1, -0.05) is 135 Å². The maximum atomic E-state index is 6.63. The number of rotatable bonds is 4. The van der Waals surface area contributed by atoms with Gasteiger partial charge < -0.3 is 9.47 Å². The van der Waals surface area contributed by atoms with Crippen molar-refractivity contribution < 1.29 is 9.47 Å². The van der Waals surface area contributed by atoms with Crippen LogP contribution in [-0.4, -0.2) is 9.97 Å². The number of benzene rings is 7. The van der Waals surface area contributed by atoms with Crippen molar-refractivity contribution in [1.29, 1.82) is 0 Å². The molecule has 0 amide bonds. The van der Waals surface area contributed by atoms with E-state index in [-0.39, 0.29) is 5.41 Å². The zero-order valence-corrected chi connectivity index (χ0v) is 28.2. The molecule has 2 heterocycles. The second-order valence-electron chi connectivity index (χ2n) is 13.8. The minimum Gasteiger partial charge on any atom is -0.450 e. The fourth-order valence-corrected chi connectivity index (χ4v) is 7.69. The van der Waals surface area contributed by atoms with Gasteiger partial charge in [0.25, 0.3) is 0 Å². The number of hydrogen-bond donors (Lipinski definition) is 0. The van der Waals surface area contributed by atoms with Crippen LogP contribution in [0.3, 0.4) is 0 Å². The zero-order valence-electron chi connectivity index (χ0n) is 28.2. The molecule has 0 saturated carbocycles. The van der Waals surface area contributed by atoms with Gasteiger partial charge >= 0.3 is 0 Å². The molecule has 0 fully saturated rings. The van der Waals surface area contributed by atoms with Gasteiger partial charge in [-0.2, -0.15) is 0 Å². The number of nitrogens with zero attached hydrogens (tertiary/aromatic N) is 2. The molecule has 242 valence electrons. The molecule has 51 heavy (non-hydrogen) atoms. The standard InChI is InChI=1S/C47H32N2O2/c1-47(2)38-19-11-10-17-35(38)37-26-44-45(27-39(37)47)50-42-23-22-32(25-43(42)51-44)34-16-8-9-18-36(34)46-48-40(30-13-4-3-5-14-30)28-41(49-46)33-21-20-29-12-6-7-15-31(29)24-33/h3-28H,1-2H3. The van der Waals surface area contributed by atoms with Crippen molar-refractivity contribution in [2.45, 2.75) is 19.3 Å². The molecule has 0 N–H and O–H groups in total. The predicted molar refractivity (Wildman–Crippen MR) is 205 cm³/mol. The highest BCUT2D eigenvalue weighted by atomic mass is 16.6. The van der Waals surface area contributed by atoms with Crippen LogP contribution in [0.25, 0.3) is 66.9 Å². The molecule has 1 aliphatic heterocycles. The average molecular weight is 657 g/mol. The maximum Gasteiger partial charge on any atom is 0.170 e. The highest BCUT2D eigenvalue weighted by Crippen LogP contribution is 2.55. The average Bonchev–Trinajstić information content (AvgIpc) is 3.41. The molecule has 1 aromatic heterocycles. The number of ether oxygens (including phenoxy) is 2. The van der Waals surface area contributed by atoms with Crippen LogP contribution in [0.15, 0.2) is 158 Å². The molecule has 0 saturated heterocycles. The smallest absolute Gasteiger partial charge is 0.170 e. The van der Waals surface area contributed by atoms with E-state index in [0.717, 1.165) is 50.7 Å². The molecule has 10 rings (SSSR count). The van der Waals surface area contributed by atoms with Gasteiger partial charge in [-0.25, -0.2) is 9.97 Å². The minimum atomic E-state index is -0.119. The first kappa shape index (κ1) is 29.4.